The van der Waals surface area contributed by atoms with Crippen molar-refractivity contribution in [3.63, 3.8) is 0 Å². The van der Waals surface area contributed by atoms with Crippen LogP contribution in [0.15, 0.2) is 54.9 Å². The van der Waals surface area contributed by atoms with Gasteiger partial charge in [0.1, 0.15) is 41.0 Å². The van der Waals surface area contributed by atoms with Crippen molar-refractivity contribution in [3.8, 4) is 0 Å². The Bertz CT molecular complexity index is 913. The van der Waals surface area contributed by atoms with E-state index in [4.69, 9.17) is 0 Å². The van der Waals surface area contributed by atoms with Gasteiger partial charge in [0.2, 0.25) is 0 Å². The lowest BCUT2D eigenvalue weighted by Gasteiger charge is -2.09. The predicted molar refractivity (Wildman–Crippen MR) is 86.0 cm³/mol. The summed E-state index contributed by atoms with van der Waals surface area (Å²) in [5, 5.41) is 4.82. The predicted octanol–water partition coefficient (Wildman–Crippen LogP) is 3.89. The molecule has 3 aromatic rings. The van der Waals surface area contributed by atoms with Gasteiger partial charge in [0, 0.05) is 6.07 Å². The van der Waals surface area contributed by atoms with Crippen molar-refractivity contribution < 1.29 is 18.0 Å². The number of nitrogens with one attached hydrogen (secondary N) is 2. The molecule has 0 aliphatic carbocycles. The minimum absolute atomic E-state index is 0.142. The van der Waals surface area contributed by atoms with Gasteiger partial charge in [-0.1, -0.05) is 18.2 Å². The summed E-state index contributed by atoms with van der Waals surface area (Å²) in [5.74, 6) is -3.00. The van der Waals surface area contributed by atoms with E-state index >= 15 is 0 Å². The first kappa shape index (κ1) is 16.4. The normalized spacial score (nSPS) is 10.4. The minimum Gasteiger partial charge on any atom is -0.338 e. The van der Waals surface area contributed by atoms with E-state index in [1.807, 2.05) is 0 Å². The summed E-state index contributed by atoms with van der Waals surface area (Å²) < 4.78 is 40.8. The second-order valence-electron chi connectivity index (χ2n) is 4.94. The largest absolute Gasteiger partial charge is 0.338 e. The van der Waals surface area contributed by atoms with Gasteiger partial charge in [-0.2, -0.15) is 0 Å². The number of anilines is 3. The average Bonchev–Trinajstić information content (AvgIpc) is 2.60. The van der Waals surface area contributed by atoms with Gasteiger partial charge in [-0.05, 0) is 24.3 Å². The number of hydrogen-bond acceptors (Lipinski definition) is 4. The third-order valence-corrected chi connectivity index (χ3v) is 3.24. The van der Waals surface area contributed by atoms with Crippen LogP contribution in [0.25, 0.3) is 0 Å². The Morgan fingerprint density at radius 1 is 0.880 bits per heavy atom. The molecular weight excluding hydrogens is 333 g/mol. The van der Waals surface area contributed by atoms with Crippen LogP contribution in [0.3, 0.4) is 0 Å². The fourth-order valence-corrected chi connectivity index (χ4v) is 2.05. The van der Waals surface area contributed by atoms with E-state index < -0.39 is 29.0 Å². The Morgan fingerprint density at radius 2 is 1.56 bits per heavy atom. The molecule has 0 unspecified atom stereocenters. The first-order chi connectivity index (χ1) is 12.0. The third kappa shape index (κ3) is 3.74. The summed E-state index contributed by atoms with van der Waals surface area (Å²) in [6.07, 6.45) is 1.08. The topological polar surface area (TPSA) is 66.9 Å². The molecule has 126 valence electrons. The quantitative estimate of drug-likeness (QED) is 0.753. The number of halogens is 3. The average molecular weight is 344 g/mol. The number of rotatable bonds is 4. The van der Waals surface area contributed by atoms with Gasteiger partial charge < -0.3 is 10.6 Å². The molecule has 25 heavy (non-hydrogen) atoms. The Hall–Kier alpha value is -3.42. The maximum Gasteiger partial charge on any atom is 0.274 e. The molecular formula is C17H11F3N4O. The molecule has 2 aromatic carbocycles. The van der Waals surface area contributed by atoms with Crippen LogP contribution in [0.1, 0.15) is 10.5 Å². The van der Waals surface area contributed by atoms with Gasteiger partial charge >= 0.3 is 0 Å². The van der Waals surface area contributed by atoms with E-state index in [1.165, 1.54) is 30.3 Å². The van der Waals surface area contributed by atoms with Gasteiger partial charge in [-0.15, -0.1) is 0 Å². The Morgan fingerprint density at radius 3 is 2.28 bits per heavy atom. The summed E-state index contributed by atoms with van der Waals surface area (Å²) in [4.78, 5) is 19.8. The number of aromatic nitrogens is 2. The van der Waals surface area contributed by atoms with Crippen LogP contribution < -0.4 is 10.6 Å². The lowest BCUT2D eigenvalue weighted by Crippen LogP contribution is -2.16. The SMILES string of the molecule is O=C(Nc1c(F)cccc1F)c1cc(Nc2ccccc2F)ncn1. The summed E-state index contributed by atoms with van der Waals surface area (Å²) in [6.45, 7) is 0. The van der Waals surface area contributed by atoms with Gasteiger partial charge in [0.25, 0.3) is 5.91 Å². The lowest BCUT2D eigenvalue weighted by atomic mass is 10.2. The van der Waals surface area contributed by atoms with Crippen molar-refractivity contribution in [3.05, 3.63) is 78.0 Å². The molecule has 0 aliphatic heterocycles. The van der Waals surface area contributed by atoms with Crippen LogP contribution in [-0.2, 0) is 0 Å². The molecule has 0 radical (unpaired) electrons. The highest BCUT2D eigenvalue weighted by Gasteiger charge is 2.15. The van der Waals surface area contributed by atoms with E-state index in [0.29, 0.717) is 0 Å². The van der Waals surface area contributed by atoms with Gasteiger partial charge in [0.15, 0.2) is 0 Å². The molecule has 0 saturated carbocycles. The fraction of sp³-hybridized carbons (Fsp3) is 0. The van der Waals surface area contributed by atoms with Crippen molar-refractivity contribution in [1.82, 2.24) is 9.97 Å². The lowest BCUT2D eigenvalue weighted by molar-refractivity contribution is 0.102. The minimum atomic E-state index is -0.910. The third-order valence-electron chi connectivity index (χ3n) is 3.24. The molecule has 3 rings (SSSR count). The van der Waals surface area contributed by atoms with Crippen molar-refractivity contribution in [2.24, 2.45) is 0 Å². The number of benzene rings is 2. The number of hydrogen-bond donors (Lipinski definition) is 2. The molecule has 0 aliphatic rings. The second kappa shape index (κ2) is 7.00. The fourth-order valence-electron chi connectivity index (χ4n) is 2.05. The van der Waals surface area contributed by atoms with Crippen molar-refractivity contribution in [1.29, 1.82) is 0 Å². The van der Waals surface area contributed by atoms with E-state index in [-0.39, 0.29) is 17.2 Å². The number of amides is 1. The highest BCUT2D eigenvalue weighted by Crippen LogP contribution is 2.20. The summed E-state index contributed by atoms with van der Waals surface area (Å²) in [7, 11) is 0. The molecule has 0 fully saturated rings. The van der Waals surface area contributed by atoms with Crippen LogP contribution in [-0.4, -0.2) is 15.9 Å². The Labute approximate surface area is 140 Å². The maximum absolute atomic E-state index is 13.6. The monoisotopic (exact) mass is 344 g/mol. The van der Waals surface area contributed by atoms with Gasteiger partial charge in [0.05, 0.1) is 5.69 Å². The molecule has 5 nitrogen and oxygen atoms in total. The van der Waals surface area contributed by atoms with E-state index in [1.54, 1.807) is 6.07 Å². The molecule has 1 amide bonds. The smallest absolute Gasteiger partial charge is 0.274 e. The number of carbonyl (C=O) groups is 1. The second-order valence-corrected chi connectivity index (χ2v) is 4.94. The standard InChI is InChI=1S/C17H11F3N4O/c18-10-4-1-2-7-13(10)23-15-8-14(21-9-22-15)17(25)24-16-11(19)5-3-6-12(16)20/h1-9H,(H,24,25)(H,21,22,23). The van der Waals surface area contributed by atoms with Crippen LogP contribution in [0.4, 0.5) is 30.4 Å². The molecule has 0 spiro atoms. The van der Waals surface area contributed by atoms with Gasteiger partial charge in [-0.3, -0.25) is 4.79 Å². The van der Waals surface area contributed by atoms with Crippen LogP contribution in [0, 0.1) is 17.5 Å². The number of carbonyl (C=O) groups excluding carboxylic acids is 1. The van der Waals surface area contributed by atoms with Crippen molar-refractivity contribution in [2.75, 3.05) is 10.6 Å². The van der Waals surface area contributed by atoms with Crippen LogP contribution in [0.2, 0.25) is 0 Å². The maximum atomic E-state index is 13.6. The molecule has 0 bridgehead atoms. The molecule has 1 aromatic heterocycles. The highest BCUT2D eigenvalue weighted by molar-refractivity contribution is 6.03. The summed E-state index contributed by atoms with van der Waals surface area (Å²) >= 11 is 0. The van der Waals surface area contributed by atoms with E-state index in [0.717, 1.165) is 18.5 Å². The summed E-state index contributed by atoms with van der Waals surface area (Å²) in [5.41, 5.74) is -0.557. The zero-order valence-corrected chi connectivity index (χ0v) is 12.6. The molecule has 1 heterocycles. The van der Waals surface area contributed by atoms with Gasteiger partial charge in [-0.25, -0.2) is 23.1 Å². The zero-order chi connectivity index (χ0) is 17.8. The molecule has 8 heteroatoms. The van der Waals surface area contributed by atoms with E-state index in [2.05, 4.69) is 20.6 Å². The zero-order valence-electron chi connectivity index (χ0n) is 12.6. The first-order valence-corrected chi connectivity index (χ1v) is 7.13. The molecule has 0 atom stereocenters. The first-order valence-electron chi connectivity index (χ1n) is 7.13. The van der Waals surface area contributed by atoms with E-state index in [9.17, 15) is 18.0 Å². The molecule has 0 saturated heterocycles. The van der Waals surface area contributed by atoms with Crippen molar-refractivity contribution >= 4 is 23.1 Å². The number of nitrogens with zero attached hydrogens (tertiary/aromatic N) is 2. The Balaban J connectivity index is 1.81. The highest BCUT2D eigenvalue weighted by atomic mass is 19.1. The summed E-state index contributed by atoms with van der Waals surface area (Å²) in [6, 6.07) is 10.4. The molecule has 2 N–H and O–H groups in total. The van der Waals surface area contributed by atoms with Crippen LogP contribution >= 0.6 is 0 Å². The van der Waals surface area contributed by atoms with Crippen molar-refractivity contribution in [2.45, 2.75) is 0 Å². The van der Waals surface area contributed by atoms with Crippen LogP contribution in [0.5, 0.6) is 0 Å². The Kier molecular flexibility index (Phi) is 4.60. The number of para-hydroxylation sites is 2.